The van der Waals surface area contributed by atoms with Crippen LogP contribution in [0.5, 0.6) is 0 Å². The van der Waals surface area contributed by atoms with Crippen LogP contribution >= 0.6 is 0 Å². The molecule has 1 aromatic heterocycles. The molecule has 1 aromatic rings. The molecule has 1 heterocycles. The molecule has 0 amide bonds. The molecule has 80 valence electrons. The number of nitrogens with zero attached hydrogens (tertiary/aromatic N) is 3. The van der Waals surface area contributed by atoms with Gasteiger partial charge in [-0.3, -0.25) is 16.0 Å². The number of hydrazine groups is 1. The van der Waals surface area contributed by atoms with Crippen molar-refractivity contribution in [2.75, 3.05) is 0 Å². The van der Waals surface area contributed by atoms with Crippen LogP contribution < -0.4 is 11.3 Å². The summed E-state index contributed by atoms with van der Waals surface area (Å²) in [5.74, 6) is 5.50. The Morgan fingerprint density at radius 1 is 1.57 bits per heavy atom. The third-order valence-electron chi connectivity index (χ3n) is 2.40. The van der Waals surface area contributed by atoms with E-state index in [1.807, 2.05) is 7.05 Å². The van der Waals surface area contributed by atoms with Gasteiger partial charge in [0.15, 0.2) is 0 Å². The molecule has 0 aromatic carbocycles. The van der Waals surface area contributed by atoms with Crippen LogP contribution in [0.2, 0.25) is 0 Å². The first-order chi connectivity index (χ1) is 6.79. The highest BCUT2D eigenvalue weighted by molar-refractivity contribution is 5.00. The lowest BCUT2D eigenvalue weighted by Gasteiger charge is -2.14. The number of rotatable bonds is 6. The summed E-state index contributed by atoms with van der Waals surface area (Å²) in [6.07, 6.45) is 6.43. The Labute approximate surface area is 84.6 Å². The van der Waals surface area contributed by atoms with Crippen LogP contribution in [0.4, 0.5) is 0 Å². The molecule has 0 saturated carbocycles. The molecule has 0 bridgehead atoms. The Bertz CT molecular complexity index is 257. The maximum atomic E-state index is 5.50. The van der Waals surface area contributed by atoms with Crippen LogP contribution in [0.15, 0.2) is 6.20 Å². The topological polar surface area (TPSA) is 68.8 Å². The lowest BCUT2D eigenvalue weighted by Crippen LogP contribution is -2.29. The van der Waals surface area contributed by atoms with Crippen molar-refractivity contribution in [3.05, 3.63) is 11.9 Å². The number of nitrogens with two attached hydrogens (primary N) is 1. The van der Waals surface area contributed by atoms with E-state index in [1.54, 1.807) is 10.9 Å². The number of aromatic nitrogens is 3. The quantitative estimate of drug-likeness (QED) is 0.404. The molecule has 1 rings (SSSR count). The zero-order valence-corrected chi connectivity index (χ0v) is 8.90. The van der Waals surface area contributed by atoms with Gasteiger partial charge in [0, 0.05) is 7.05 Å². The SMILES string of the molecule is CCCCCC(NN)c1cnnn1C. The van der Waals surface area contributed by atoms with Gasteiger partial charge in [0.1, 0.15) is 0 Å². The third kappa shape index (κ3) is 2.78. The molecule has 1 atom stereocenters. The van der Waals surface area contributed by atoms with Gasteiger partial charge in [-0.25, -0.2) is 0 Å². The molecular formula is C9H19N5. The van der Waals surface area contributed by atoms with Crippen LogP contribution in [0.1, 0.15) is 44.3 Å². The minimum Gasteiger partial charge on any atom is -0.271 e. The summed E-state index contributed by atoms with van der Waals surface area (Å²) >= 11 is 0. The number of nitrogens with one attached hydrogen (secondary N) is 1. The molecule has 0 spiro atoms. The second-order valence-electron chi connectivity index (χ2n) is 3.50. The fourth-order valence-electron chi connectivity index (χ4n) is 1.53. The predicted molar refractivity (Wildman–Crippen MR) is 55.2 cm³/mol. The number of hydrogen-bond donors (Lipinski definition) is 2. The smallest absolute Gasteiger partial charge is 0.0766 e. The van der Waals surface area contributed by atoms with Crippen molar-refractivity contribution in [3.63, 3.8) is 0 Å². The number of hydrogen-bond acceptors (Lipinski definition) is 4. The fourth-order valence-corrected chi connectivity index (χ4v) is 1.53. The summed E-state index contributed by atoms with van der Waals surface area (Å²) < 4.78 is 1.76. The van der Waals surface area contributed by atoms with Crippen molar-refractivity contribution >= 4 is 0 Å². The summed E-state index contributed by atoms with van der Waals surface area (Å²) in [6, 6.07) is 0.168. The lowest BCUT2D eigenvalue weighted by molar-refractivity contribution is 0.457. The van der Waals surface area contributed by atoms with E-state index in [4.69, 9.17) is 5.84 Å². The van der Waals surface area contributed by atoms with Gasteiger partial charge in [-0.05, 0) is 6.42 Å². The molecule has 1 unspecified atom stereocenters. The van der Waals surface area contributed by atoms with Crippen molar-refractivity contribution in [1.82, 2.24) is 20.4 Å². The number of aryl methyl sites for hydroxylation is 1. The van der Waals surface area contributed by atoms with E-state index in [9.17, 15) is 0 Å². The fraction of sp³-hybridized carbons (Fsp3) is 0.778. The second kappa shape index (κ2) is 5.72. The van der Waals surface area contributed by atoms with E-state index in [1.165, 1.54) is 19.3 Å². The molecule has 0 aliphatic rings. The van der Waals surface area contributed by atoms with Crippen molar-refractivity contribution in [2.45, 2.75) is 38.6 Å². The molecule has 5 nitrogen and oxygen atoms in total. The van der Waals surface area contributed by atoms with Crippen molar-refractivity contribution in [1.29, 1.82) is 0 Å². The van der Waals surface area contributed by atoms with Gasteiger partial charge < -0.3 is 0 Å². The average molecular weight is 197 g/mol. The van der Waals surface area contributed by atoms with Crippen LogP contribution in [0.25, 0.3) is 0 Å². The maximum absolute atomic E-state index is 5.50. The van der Waals surface area contributed by atoms with Crippen LogP contribution in [-0.2, 0) is 7.05 Å². The van der Waals surface area contributed by atoms with E-state index in [-0.39, 0.29) is 6.04 Å². The molecule has 0 radical (unpaired) electrons. The van der Waals surface area contributed by atoms with Gasteiger partial charge >= 0.3 is 0 Å². The number of unbranched alkanes of at least 4 members (excludes halogenated alkanes) is 2. The highest BCUT2D eigenvalue weighted by Crippen LogP contribution is 2.16. The summed E-state index contributed by atoms with van der Waals surface area (Å²) in [7, 11) is 1.88. The minimum absolute atomic E-state index is 0.168. The molecule has 0 aliphatic heterocycles. The molecule has 0 fully saturated rings. The normalized spacial score (nSPS) is 13.1. The highest BCUT2D eigenvalue weighted by Gasteiger charge is 2.12. The van der Waals surface area contributed by atoms with Crippen LogP contribution in [0, 0.1) is 0 Å². The molecule has 14 heavy (non-hydrogen) atoms. The largest absolute Gasteiger partial charge is 0.271 e. The maximum Gasteiger partial charge on any atom is 0.0766 e. The molecule has 3 N–H and O–H groups in total. The Hall–Kier alpha value is -0.940. The standard InChI is InChI=1S/C9H19N5/c1-3-4-5-6-8(12-10)9-7-11-13-14(9)2/h7-8,12H,3-6,10H2,1-2H3. The van der Waals surface area contributed by atoms with E-state index in [0.29, 0.717) is 0 Å². The zero-order valence-electron chi connectivity index (χ0n) is 8.90. The van der Waals surface area contributed by atoms with Gasteiger partial charge in [0.25, 0.3) is 0 Å². The first-order valence-electron chi connectivity index (χ1n) is 5.10. The van der Waals surface area contributed by atoms with Gasteiger partial charge in [-0.1, -0.05) is 31.4 Å². The Balaban J connectivity index is 2.50. The molecule has 5 heteroatoms. The first kappa shape index (κ1) is 11.1. The summed E-state index contributed by atoms with van der Waals surface area (Å²) in [5.41, 5.74) is 3.85. The van der Waals surface area contributed by atoms with Crippen molar-refractivity contribution in [2.24, 2.45) is 12.9 Å². The van der Waals surface area contributed by atoms with Gasteiger partial charge in [-0.2, -0.15) is 0 Å². The van der Waals surface area contributed by atoms with Gasteiger partial charge in [0.2, 0.25) is 0 Å². The van der Waals surface area contributed by atoms with E-state index >= 15 is 0 Å². The zero-order chi connectivity index (χ0) is 10.4. The average Bonchev–Trinajstić information content (AvgIpc) is 2.60. The Morgan fingerprint density at radius 2 is 2.36 bits per heavy atom. The highest BCUT2D eigenvalue weighted by atomic mass is 15.4. The lowest BCUT2D eigenvalue weighted by atomic mass is 10.1. The van der Waals surface area contributed by atoms with Crippen molar-refractivity contribution < 1.29 is 0 Å². The van der Waals surface area contributed by atoms with Crippen LogP contribution in [0.3, 0.4) is 0 Å². The van der Waals surface area contributed by atoms with E-state index < -0.39 is 0 Å². The van der Waals surface area contributed by atoms with Crippen molar-refractivity contribution in [3.8, 4) is 0 Å². The Morgan fingerprint density at radius 3 is 2.86 bits per heavy atom. The van der Waals surface area contributed by atoms with E-state index in [0.717, 1.165) is 12.1 Å². The van der Waals surface area contributed by atoms with Gasteiger partial charge in [-0.15, -0.1) is 5.10 Å². The van der Waals surface area contributed by atoms with Gasteiger partial charge in [0.05, 0.1) is 17.9 Å². The third-order valence-corrected chi connectivity index (χ3v) is 2.40. The van der Waals surface area contributed by atoms with E-state index in [2.05, 4.69) is 22.7 Å². The monoisotopic (exact) mass is 197 g/mol. The predicted octanol–water partition coefficient (Wildman–Crippen LogP) is 0.900. The molecular weight excluding hydrogens is 178 g/mol. The first-order valence-corrected chi connectivity index (χ1v) is 5.10. The van der Waals surface area contributed by atoms with Crippen LogP contribution in [-0.4, -0.2) is 15.0 Å². The molecule has 0 aliphatic carbocycles. The summed E-state index contributed by atoms with van der Waals surface area (Å²) in [4.78, 5) is 0. The second-order valence-corrected chi connectivity index (χ2v) is 3.50. The summed E-state index contributed by atoms with van der Waals surface area (Å²) in [6.45, 7) is 2.19. The summed E-state index contributed by atoms with van der Waals surface area (Å²) in [5, 5.41) is 7.72. The minimum atomic E-state index is 0.168. The molecule has 0 saturated heterocycles. The Kier molecular flexibility index (Phi) is 4.55.